The summed E-state index contributed by atoms with van der Waals surface area (Å²) < 4.78 is 4.90. The summed E-state index contributed by atoms with van der Waals surface area (Å²) in [5, 5.41) is 2.86. The first-order chi connectivity index (χ1) is 8.06. The van der Waals surface area contributed by atoms with Crippen molar-refractivity contribution in [3.63, 3.8) is 0 Å². The molecule has 0 aromatic rings. The highest BCUT2D eigenvalue weighted by atomic mass is 16.5. The Morgan fingerprint density at radius 1 is 1.65 bits per heavy atom. The molecule has 1 rings (SSSR count). The molecule has 1 aliphatic rings. The Balaban J connectivity index is 2.36. The maximum absolute atomic E-state index is 11.9. The van der Waals surface area contributed by atoms with E-state index in [4.69, 9.17) is 10.5 Å². The summed E-state index contributed by atoms with van der Waals surface area (Å²) in [5.41, 5.74) is 6.03. The molecule has 0 aromatic carbocycles. The number of nitrogens with one attached hydrogen (secondary N) is 1. The molecule has 1 aliphatic heterocycles. The standard InChI is InChI=1S/C12H25N3O2/c1-9-4-6-15(8-11(9)13)10(2)12(16)14-5-7-17-3/h9-11H,4-8,13H2,1-3H3,(H,14,16). The number of carbonyl (C=O) groups excluding carboxylic acids is 1. The van der Waals surface area contributed by atoms with E-state index in [0.29, 0.717) is 19.1 Å². The van der Waals surface area contributed by atoms with Crippen molar-refractivity contribution in [1.29, 1.82) is 0 Å². The minimum atomic E-state index is -0.106. The molecular formula is C12H25N3O2. The summed E-state index contributed by atoms with van der Waals surface area (Å²) >= 11 is 0. The van der Waals surface area contributed by atoms with Crippen LogP contribution in [0.15, 0.2) is 0 Å². The second kappa shape index (κ2) is 6.93. The first-order valence-corrected chi connectivity index (χ1v) is 6.32. The van der Waals surface area contributed by atoms with Crippen LogP contribution in [0.4, 0.5) is 0 Å². The molecule has 100 valence electrons. The van der Waals surface area contributed by atoms with Gasteiger partial charge >= 0.3 is 0 Å². The van der Waals surface area contributed by atoms with E-state index >= 15 is 0 Å². The zero-order chi connectivity index (χ0) is 12.8. The van der Waals surface area contributed by atoms with Gasteiger partial charge in [-0.15, -0.1) is 0 Å². The van der Waals surface area contributed by atoms with Gasteiger partial charge in [0, 0.05) is 26.2 Å². The first-order valence-electron chi connectivity index (χ1n) is 6.32. The second-order valence-corrected chi connectivity index (χ2v) is 4.88. The molecule has 5 nitrogen and oxygen atoms in total. The van der Waals surface area contributed by atoms with E-state index in [-0.39, 0.29) is 18.0 Å². The third-order valence-electron chi connectivity index (χ3n) is 3.58. The molecule has 1 saturated heterocycles. The molecule has 0 aliphatic carbocycles. The number of rotatable bonds is 5. The highest BCUT2D eigenvalue weighted by molar-refractivity contribution is 5.81. The van der Waals surface area contributed by atoms with Gasteiger partial charge in [-0.25, -0.2) is 0 Å². The van der Waals surface area contributed by atoms with Crippen molar-refractivity contribution in [3.05, 3.63) is 0 Å². The molecule has 3 atom stereocenters. The summed E-state index contributed by atoms with van der Waals surface area (Å²) in [7, 11) is 1.63. The zero-order valence-corrected chi connectivity index (χ0v) is 11.1. The van der Waals surface area contributed by atoms with E-state index in [2.05, 4.69) is 17.1 Å². The Morgan fingerprint density at radius 3 is 2.94 bits per heavy atom. The minimum Gasteiger partial charge on any atom is -0.383 e. The van der Waals surface area contributed by atoms with Crippen molar-refractivity contribution in [3.8, 4) is 0 Å². The van der Waals surface area contributed by atoms with Crippen LogP contribution in [0.2, 0.25) is 0 Å². The Bertz CT molecular complexity index is 248. The van der Waals surface area contributed by atoms with Crippen LogP contribution < -0.4 is 11.1 Å². The summed E-state index contributed by atoms with van der Waals surface area (Å²) in [6.07, 6.45) is 1.07. The van der Waals surface area contributed by atoms with Gasteiger partial charge in [0.15, 0.2) is 0 Å². The van der Waals surface area contributed by atoms with Crippen LogP contribution in [0.3, 0.4) is 0 Å². The summed E-state index contributed by atoms with van der Waals surface area (Å²) in [5.74, 6) is 0.610. The van der Waals surface area contributed by atoms with Gasteiger partial charge in [-0.3, -0.25) is 9.69 Å². The van der Waals surface area contributed by atoms with Gasteiger partial charge in [-0.05, 0) is 25.8 Å². The second-order valence-electron chi connectivity index (χ2n) is 4.88. The Labute approximate surface area is 104 Å². The molecule has 1 heterocycles. The zero-order valence-electron chi connectivity index (χ0n) is 11.1. The average Bonchev–Trinajstić information content (AvgIpc) is 2.32. The summed E-state index contributed by atoms with van der Waals surface area (Å²) in [6, 6.07) is 0.0726. The molecule has 1 fully saturated rings. The van der Waals surface area contributed by atoms with E-state index in [9.17, 15) is 4.79 Å². The van der Waals surface area contributed by atoms with Gasteiger partial charge in [0.25, 0.3) is 0 Å². The molecule has 3 unspecified atom stereocenters. The lowest BCUT2D eigenvalue weighted by molar-refractivity contribution is -0.126. The van der Waals surface area contributed by atoms with Crippen molar-refractivity contribution in [2.24, 2.45) is 11.7 Å². The van der Waals surface area contributed by atoms with Gasteiger partial charge in [0.2, 0.25) is 5.91 Å². The van der Waals surface area contributed by atoms with Gasteiger partial charge in [0.1, 0.15) is 0 Å². The summed E-state index contributed by atoms with van der Waals surface area (Å²) in [6.45, 7) is 6.98. The maximum Gasteiger partial charge on any atom is 0.237 e. The lowest BCUT2D eigenvalue weighted by Crippen LogP contribution is -2.54. The number of piperidine rings is 1. The SMILES string of the molecule is COCCNC(=O)C(C)N1CCC(C)C(N)C1. The smallest absolute Gasteiger partial charge is 0.237 e. The molecule has 0 aromatic heterocycles. The van der Waals surface area contributed by atoms with Gasteiger partial charge in [0.05, 0.1) is 12.6 Å². The van der Waals surface area contributed by atoms with Gasteiger partial charge < -0.3 is 15.8 Å². The summed E-state index contributed by atoms with van der Waals surface area (Å²) in [4.78, 5) is 14.0. The highest BCUT2D eigenvalue weighted by Crippen LogP contribution is 2.17. The van der Waals surface area contributed by atoms with Crippen LogP contribution in [0.25, 0.3) is 0 Å². The van der Waals surface area contributed by atoms with Crippen LogP contribution in [0.5, 0.6) is 0 Å². The molecule has 1 amide bonds. The molecule has 0 radical (unpaired) electrons. The number of hydrogen-bond donors (Lipinski definition) is 2. The number of nitrogens with zero attached hydrogens (tertiary/aromatic N) is 1. The van der Waals surface area contributed by atoms with Crippen LogP contribution in [-0.4, -0.2) is 56.2 Å². The molecular weight excluding hydrogens is 218 g/mol. The third kappa shape index (κ3) is 4.26. The van der Waals surface area contributed by atoms with Crippen molar-refractivity contribution in [2.75, 3.05) is 33.4 Å². The van der Waals surface area contributed by atoms with E-state index in [1.54, 1.807) is 7.11 Å². The van der Waals surface area contributed by atoms with Crippen molar-refractivity contribution in [2.45, 2.75) is 32.4 Å². The number of carbonyl (C=O) groups is 1. The van der Waals surface area contributed by atoms with Crippen molar-refractivity contribution in [1.82, 2.24) is 10.2 Å². The molecule has 0 spiro atoms. The topological polar surface area (TPSA) is 67.6 Å². The lowest BCUT2D eigenvalue weighted by atomic mass is 9.93. The predicted molar refractivity (Wildman–Crippen MR) is 67.7 cm³/mol. The first kappa shape index (κ1) is 14.4. The van der Waals surface area contributed by atoms with Crippen molar-refractivity contribution < 1.29 is 9.53 Å². The van der Waals surface area contributed by atoms with Crippen LogP contribution >= 0.6 is 0 Å². The molecule has 0 saturated carbocycles. The number of nitrogens with two attached hydrogens (primary N) is 1. The number of methoxy groups -OCH3 is 1. The fourth-order valence-electron chi connectivity index (χ4n) is 2.07. The van der Waals surface area contributed by atoms with Crippen molar-refractivity contribution >= 4 is 5.91 Å². The quantitative estimate of drug-likeness (QED) is 0.657. The molecule has 17 heavy (non-hydrogen) atoms. The van der Waals surface area contributed by atoms with Gasteiger partial charge in [-0.2, -0.15) is 0 Å². The van der Waals surface area contributed by atoms with Crippen LogP contribution in [0.1, 0.15) is 20.3 Å². The molecule has 5 heteroatoms. The molecule has 0 bridgehead atoms. The normalized spacial score (nSPS) is 27.8. The van der Waals surface area contributed by atoms with E-state index < -0.39 is 0 Å². The third-order valence-corrected chi connectivity index (χ3v) is 3.58. The highest BCUT2D eigenvalue weighted by Gasteiger charge is 2.28. The number of hydrogen-bond acceptors (Lipinski definition) is 4. The Kier molecular flexibility index (Phi) is 5.88. The Morgan fingerprint density at radius 2 is 2.35 bits per heavy atom. The largest absolute Gasteiger partial charge is 0.383 e. The van der Waals surface area contributed by atoms with Crippen LogP contribution in [0, 0.1) is 5.92 Å². The Hall–Kier alpha value is -0.650. The van der Waals surface area contributed by atoms with E-state index in [1.807, 2.05) is 6.92 Å². The fourth-order valence-corrected chi connectivity index (χ4v) is 2.07. The number of ether oxygens (including phenoxy) is 1. The fraction of sp³-hybridized carbons (Fsp3) is 0.917. The average molecular weight is 243 g/mol. The number of amides is 1. The van der Waals surface area contributed by atoms with E-state index in [1.165, 1.54) is 0 Å². The minimum absolute atomic E-state index is 0.0591. The number of likely N-dealkylation sites (tertiary alicyclic amines) is 1. The van der Waals surface area contributed by atoms with Crippen LogP contribution in [-0.2, 0) is 9.53 Å². The lowest BCUT2D eigenvalue weighted by Gasteiger charge is -2.37. The monoisotopic (exact) mass is 243 g/mol. The van der Waals surface area contributed by atoms with Gasteiger partial charge in [-0.1, -0.05) is 6.92 Å². The van der Waals surface area contributed by atoms with E-state index in [0.717, 1.165) is 19.5 Å². The molecule has 3 N–H and O–H groups in total. The maximum atomic E-state index is 11.9. The predicted octanol–water partition coefficient (Wildman–Crippen LogP) is -0.193.